The number of imide groups is 1. The second-order valence-corrected chi connectivity index (χ2v) is 9.58. The zero-order valence-electron chi connectivity index (χ0n) is 17.3. The van der Waals surface area contributed by atoms with E-state index in [9.17, 15) is 14.4 Å². The van der Waals surface area contributed by atoms with Crippen molar-refractivity contribution in [3.8, 4) is 0 Å². The van der Waals surface area contributed by atoms with E-state index in [2.05, 4.69) is 10.6 Å². The molecule has 156 valence electrons. The van der Waals surface area contributed by atoms with Gasteiger partial charge < -0.3 is 10.1 Å². The van der Waals surface area contributed by atoms with Crippen molar-refractivity contribution in [1.82, 2.24) is 5.32 Å². The Morgan fingerprint density at radius 1 is 1.03 bits per heavy atom. The van der Waals surface area contributed by atoms with E-state index in [-0.39, 0.29) is 11.4 Å². The quantitative estimate of drug-likeness (QED) is 0.732. The molecule has 0 saturated heterocycles. The predicted molar refractivity (Wildman–Crippen MR) is 109 cm³/mol. The van der Waals surface area contributed by atoms with Gasteiger partial charge in [-0.15, -0.1) is 0 Å². The molecule has 6 heteroatoms. The van der Waals surface area contributed by atoms with Crippen LogP contribution in [0.2, 0.25) is 0 Å². The number of amides is 3. The van der Waals surface area contributed by atoms with Crippen LogP contribution in [0.25, 0.3) is 0 Å². The number of esters is 1. The Morgan fingerprint density at radius 3 is 2.24 bits per heavy atom. The van der Waals surface area contributed by atoms with Crippen molar-refractivity contribution in [2.24, 2.45) is 23.2 Å². The van der Waals surface area contributed by atoms with Crippen LogP contribution in [-0.4, -0.2) is 24.5 Å². The second-order valence-electron chi connectivity index (χ2n) is 9.58. The molecule has 4 fully saturated rings. The van der Waals surface area contributed by atoms with Gasteiger partial charge in [-0.1, -0.05) is 17.7 Å². The van der Waals surface area contributed by atoms with Gasteiger partial charge in [0, 0.05) is 5.69 Å². The largest absolute Gasteiger partial charge is 0.456 e. The lowest BCUT2D eigenvalue weighted by atomic mass is 9.49. The summed E-state index contributed by atoms with van der Waals surface area (Å²) in [5, 5.41) is 4.87. The number of rotatable bonds is 5. The molecule has 3 amide bonds. The minimum absolute atomic E-state index is 0.0860. The van der Waals surface area contributed by atoms with E-state index >= 15 is 0 Å². The lowest BCUT2D eigenvalue weighted by Gasteiger charge is -2.56. The van der Waals surface area contributed by atoms with E-state index in [1.807, 2.05) is 26.0 Å². The number of benzene rings is 1. The minimum atomic E-state index is -0.626. The molecule has 1 aromatic carbocycles. The number of carbonyl (C=O) groups excluding carboxylic acids is 3. The summed E-state index contributed by atoms with van der Waals surface area (Å²) in [6, 6.07) is 5.00. The lowest BCUT2D eigenvalue weighted by Crippen LogP contribution is -2.47. The van der Waals surface area contributed by atoms with Crippen LogP contribution in [0.3, 0.4) is 0 Å². The molecule has 0 aliphatic heterocycles. The summed E-state index contributed by atoms with van der Waals surface area (Å²) < 4.78 is 5.20. The fourth-order valence-corrected chi connectivity index (χ4v) is 6.28. The highest BCUT2D eigenvalue weighted by molar-refractivity contribution is 6.02. The standard InChI is InChI=1S/C23H30N2O4/c1-14-3-4-19(15(2)5-14)24-22(28)25-20(26)13-29-21(27)12-23-9-16-6-17(10-23)8-18(7-16)11-23/h3-5,16-18H,6-13H2,1-2H3,(H2,24,25,26,28). The van der Waals surface area contributed by atoms with E-state index in [1.165, 1.54) is 19.3 Å². The molecule has 4 aliphatic carbocycles. The van der Waals surface area contributed by atoms with Crippen LogP contribution < -0.4 is 10.6 Å². The van der Waals surface area contributed by atoms with Gasteiger partial charge in [-0.3, -0.25) is 14.9 Å². The molecule has 1 aromatic rings. The van der Waals surface area contributed by atoms with Crippen molar-refractivity contribution >= 4 is 23.6 Å². The van der Waals surface area contributed by atoms with Crippen LogP contribution in [0, 0.1) is 37.0 Å². The Bertz CT molecular complexity index is 797. The fraction of sp³-hybridized carbons (Fsp3) is 0.609. The first-order chi connectivity index (χ1) is 13.8. The first kappa shape index (κ1) is 19.9. The van der Waals surface area contributed by atoms with Crippen molar-refractivity contribution in [1.29, 1.82) is 0 Å². The van der Waals surface area contributed by atoms with Crippen LogP contribution in [0.5, 0.6) is 0 Å². The molecule has 0 radical (unpaired) electrons. The average molecular weight is 399 g/mol. The van der Waals surface area contributed by atoms with Gasteiger partial charge in [0.05, 0.1) is 6.42 Å². The van der Waals surface area contributed by atoms with E-state index in [0.29, 0.717) is 12.1 Å². The monoisotopic (exact) mass is 398 g/mol. The molecule has 6 nitrogen and oxygen atoms in total. The van der Waals surface area contributed by atoms with Crippen molar-refractivity contribution in [3.63, 3.8) is 0 Å². The molecule has 4 saturated carbocycles. The SMILES string of the molecule is Cc1ccc(NC(=O)NC(=O)COC(=O)CC23CC4CC(CC(C4)C2)C3)c(C)c1. The number of ether oxygens (including phenoxy) is 1. The molecule has 0 aromatic heterocycles. The van der Waals surface area contributed by atoms with Crippen LogP contribution in [0.1, 0.15) is 56.1 Å². The highest BCUT2D eigenvalue weighted by Crippen LogP contribution is 2.61. The molecule has 4 bridgehead atoms. The Balaban J connectivity index is 1.22. The third-order valence-electron chi connectivity index (χ3n) is 6.93. The van der Waals surface area contributed by atoms with Gasteiger partial charge in [-0.2, -0.15) is 0 Å². The summed E-state index contributed by atoms with van der Waals surface area (Å²) >= 11 is 0. The first-order valence-corrected chi connectivity index (χ1v) is 10.6. The first-order valence-electron chi connectivity index (χ1n) is 10.6. The lowest BCUT2D eigenvalue weighted by molar-refractivity contribution is -0.155. The molecule has 5 rings (SSSR count). The Labute approximate surface area is 171 Å². The zero-order chi connectivity index (χ0) is 20.6. The Kier molecular flexibility index (Phi) is 5.36. The second kappa shape index (κ2) is 7.81. The summed E-state index contributed by atoms with van der Waals surface area (Å²) in [6.07, 6.45) is 7.75. The number of anilines is 1. The average Bonchev–Trinajstić information content (AvgIpc) is 2.61. The number of carbonyl (C=O) groups is 3. The molecule has 0 unspecified atom stereocenters. The van der Waals surface area contributed by atoms with Gasteiger partial charge in [-0.25, -0.2) is 4.79 Å². The number of hydrogen-bond acceptors (Lipinski definition) is 4. The maximum absolute atomic E-state index is 12.4. The maximum Gasteiger partial charge on any atom is 0.325 e. The van der Waals surface area contributed by atoms with Crippen LogP contribution >= 0.6 is 0 Å². The van der Waals surface area contributed by atoms with Crippen molar-refractivity contribution in [3.05, 3.63) is 29.3 Å². The number of nitrogens with one attached hydrogen (secondary N) is 2. The summed E-state index contributed by atoms with van der Waals surface area (Å²) in [5.41, 5.74) is 2.73. The molecule has 29 heavy (non-hydrogen) atoms. The van der Waals surface area contributed by atoms with Gasteiger partial charge in [0.1, 0.15) is 0 Å². The zero-order valence-corrected chi connectivity index (χ0v) is 17.3. The molecule has 0 heterocycles. The molecule has 4 aliphatic rings. The number of aryl methyl sites for hydroxylation is 2. The van der Waals surface area contributed by atoms with Crippen LogP contribution in [0.4, 0.5) is 10.5 Å². The smallest absolute Gasteiger partial charge is 0.325 e. The van der Waals surface area contributed by atoms with Crippen molar-refractivity contribution < 1.29 is 19.1 Å². The van der Waals surface area contributed by atoms with Gasteiger partial charge in [0.15, 0.2) is 6.61 Å². The summed E-state index contributed by atoms with van der Waals surface area (Å²) in [4.78, 5) is 36.4. The van der Waals surface area contributed by atoms with Gasteiger partial charge >= 0.3 is 12.0 Å². The van der Waals surface area contributed by atoms with E-state index < -0.39 is 18.5 Å². The number of hydrogen-bond donors (Lipinski definition) is 2. The highest BCUT2D eigenvalue weighted by atomic mass is 16.5. The number of urea groups is 1. The topological polar surface area (TPSA) is 84.5 Å². The summed E-state index contributed by atoms with van der Waals surface area (Å²) in [7, 11) is 0. The molecule has 0 spiro atoms. The van der Waals surface area contributed by atoms with Crippen LogP contribution in [-0.2, 0) is 14.3 Å². The summed E-state index contributed by atoms with van der Waals surface area (Å²) in [5.74, 6) is 1.37. The molecular formula is C23H30N2O4. The third kappa shape index (κ3) is 4.62. The molecule has 2 N–H and O–H groups in total. The van der Waals surface area contributed by atoms with Gasteiger partial charge in [0.25, 0.3) is 5.91 Å². The predicted octanol–water partition coefficient (Wildman–Crippen LogP) is 4.10. The van der Waals surface area contributed by atoms with E-state index in [4.69, 9.17) is 4.74 Å². The highest BCUT2D eigenvalue weighted by Gasteiger charge is 2.51. The molecule has 0 atom stereocenters. The van der Waals surface area contributed by atoms with E-state index in [0.717, 1.165) is 48.1 Å². The van der Waals surface area contributed by atoms with Gasteiger partial charge in [0.2, 0.25) is 0 Å². The third-order valence-corrected chi connectivity index (χ3v) is 6.93. The van der Waals surface area contributed by atoms with Crippen LogP contribution in [0.15, 0.2) is 18.2 Å². The summed E-state index contributed by atoms with van der Waals surface area (Å²) in [6.45, 7) is 3.43. The Hall–Kier alpha value is -2.37. The van der Waals surface area contributed by atoms with E-state index in [1.54, 1.807) is 6.07 Å². The Morgan fingerprint density at radius 2 is 1.66 bits per heavy atom. The van der Waals surface area contributed by atoms with Crippen molar-refractivity contribution in [2.45, 2.75) is 58.8 Å². The normalized spacial score (nSPS) is 29.4. The van der Waals surface area contributed by atoms with Gasteiger partial charge in [-0.05, 0) is 87.2 Å². The fourth-order valence-electron chi connectivity index (χ4n) is 6.28. The minimum Gasteiger partial charge on any atom is -0.456 e. The molecular weight excluding hydrogens is 368 g/mol. The maximum atomic E-state index is 12.4. The van der Waals surface area contributed by atoms with Crippen molar-refractivity contribution in [2.75, 3.05) is 11.9 Å².